The van der Waals surface area contributed by atoms with Gasteiger partial charge in [-0.1, -0.05) is 13.3 Å². The topological polar surface area (TPSA) is 349 Å². The van der Waals surface area contributed by atoms with Crippen LogP contribution < -0.4 is 16.0 Å². The predicted molar refractivity (Wildman–Crippen MR) is 218 cm³/mol. The first kappa shape index (κ1) is 56.4. The molecule has 0 radical (unpaired) electrons. The summed E-state index contributed by atoms with van der Waals surface area (Å²) in [5.74, 6) is -0.565. The van der Waals surface area contributed by atoms with E-state index in [0.29, 0.717) is 96.2 Å². The fraction of sp³-hybridized carbons (Fsp3) is 0.900. The summed E-state index contributed by atoms with van der Waals surface area (Å²) in [6.07, 6.45) is -6.80. The van der Waals surface area contributed by atoms with Gasteiger partial charge in [-0.05, 0) is 70.1 Å². The van der Waals surface area contributed by atoms with Gasteiger partial charge in [0.15, 0.2) is 0 Å². The van der Waals surface area contributed by atoms with Gasteiger partial charge in [-0.3, -0.25) is 19.2 Å². The molecule has 0 spiro atoms. The predicted octanol–water partition coefficient (Wildman–Crippen LogP) is -4.09. The van der Waals surface area contributed by atoms with Gasteiger partial charge in [0.05, 0.1) is 39.1 Å². The molecule has 1 heterocycles. The molecule has 1 aliphatic heterocycles. The summed E-state index contributed by atoms with van der Waals surface area (Å²) < 4.78 is 10.6. The van der Waals surface area contributed by atoms with Crippen molar-refractivity contribution in [3.8, 4) is 0 Å². The Morgan fingerprint density at radius 2 is 1.10 bits per heavy atom. The number of nitrogens with one attached hydrogen (secondary N) is 3. The SMILES string of the molecule is C[C@@H]1C[C@@H](CO)N(C(=O)CCCCCNC(=O)[C@H](CCCCNC(=O)CCCCOCC(O)C(O)C(O)C(O)CO)NC(=O)CCCCOCC(O)C(O)C(O)C(O)CO)C1. The molecular weight excluding hydrogens is 808 g/mol. The Balaban J connectivity index is 2.47. The van der Waals surface area contributed by atoms with E-state index < -0.39 is 68.1 Å². The van der Waals surface area contributed by atoms with Crippen LogP contribution >= 0.6 is 0 Å². The van der Waals surface area contributed by atoms with Crippen LogP contribution in [0, 0.1) is 5.92 Å². The lowest BCUT2D eigenvalue weighted by Crippen LogP contribution is -2.47. The van der Waals surface area contributed by atoms with Crippen molar-refractivity contribution in [2.75, 3.05) is 65.9 Å². The van der Waals surface area contributed by atoms with E-state index in [9.17, 15) is 65.1 Å². The van der Waals surface area contributed by atoms with Crippen LogP contribution in [0.5, 0.6) is 0 Å². The third-order valence-corrected chi connectivity index (χ3v) is 10.5. The number of unbranched alkanes of at least 4 members (excludes halogenated alkanes) is 5. The molecular formula is C40H76N4O17. The van der Waals surface area contributed by atoms with Crippen LogP contribution in [0.15, 0.2) is 0 Å². The minimum Gasteiger partial charge on any atom is -0.394 e. The van der Waals surface area contributed by atoms with E-state index in [-0.39, 0.29) is 75.5 Å². The van der Waals surface area contributed by atoms with Crippen molar-refractivity contribution in [2.45, 2.75) is 158 Å². The van der Waals surface area contributed by atoms with Gasteiger partial charge in [0.25, 0.3) is 0 Å². The Bertz CT molecular complexity index is 1210. The lowest BCUT2D eigenvalue weighted by atomic mass is 10.0. The normalized spacial score (nSPS) is 19.9. The van der Waals surface area contributed by atoms with E-state index in [4.69, 9.17) is 19.7 Å². The van der Waals surface area contributed by atoms with E-state index in [1.165, 1.54) is 0 Å². The number of aliphatic hydroxyl groups is 11. The highest BCUT2D eigenvalue weighted by Crippen LogP contribution is 2.23. The van der Waals surface area contributed by atoms with Gasteiger partial charge in [-0.2, -0.15) is 0 Å². The summed E-state index contributed by atoms with van der Waals surface area (Å²) in [6, 6.07) is -0.978. The quantitative estimate of drug-likeness (QED) is 0.0266. The van der Waals surface area contributed by atoms with Crippen LogP contribution in [0.4, 0.5) is 0 Å². The van der Waals surface area contributed by atoms with Gasteiger partial charge >= 0.3 is 0 Å². The number of carbonyl (C=O) groups excluding carboxylic acids is 4. The van der Waals surface area contributed by atoms with Gasteiger partial charge in [-0.25, -0.2) is 0 Å². The Labute approximate surface area is 358 Å². The summed E-state index contributed by atoms with van der Waals surface area (Å²) in [5.41, 5.74) is 0. The maximum atomic E-state index is 13.2. The average Bonchev–Trinajstić information content (AvgIpc) is 3.64. The van der Waals surface area contributed by atoms with E-state index in [1.54, 1.807) is 4.90 Å². The molecule has 21 heteroatoms. The zero-order valence-corrected chi connectivity index (χ0v) is 35.6. The number of hydrogen-bond donors (Lipinski definition) is 14. The molecule has 8 unspecified atom stereocenters. The Morgan fingerprint density at radius 1 is 0.607 bits per heavy atom. The Hall–Kier alpha value is -2.64. The lowest BCUT2D eigenvalue weighted by Gasteiger charge is -2.25. The number of hydrogen-bond acceptors (Lipinski definition) is 17. The lowest BCUT2D eigenvalue weighted by molar-refractivity contribution is -0.133. The molecule has 0 aromatic heterocycles. The molecule has 1 fully saturated rings. The minimum absolute atomic E-state index is 0.0154. The first-order valence-corrected chi connectivity index (χ1v) is 21.6. The molecule has 358 valence electrons. The van der Waals surface area contributed by atoms with Crippen molar-refractivity contribution in [3.05, 3.63) is 0 Å². The van der Waals surface area contributed by atoms with Crippen molar-refractivity contribution < 1.29 is 84.8 Å². The summed E-state index contributed by atoms with van der Waals surface area (Å²) in [4.78, 5) is 52.7. The van der Waals surface area contributed by atoms with Gasteiger partial charge in [0.2, 0.25) is 23.6 Å². The number of aliphatic hydroxyl groups excluding tert-OH is 11. The van der Waals surface area contributed by atoms with Crippen LogP contribution in [-0.2, 0) is 28.7 Å². The molecule has 1 saturated heterocycles. The first-order valence-electron chi connectivity index (χ1n) is 21.6. The fourth-order valence-electron chi connectivity index (χ4n) is 6.72. The van der Waals surface area contributed by atoms with E-state index >= 15 is 0 Å². The standard InChI is InChI=1S/C40H76N4O17/c1-26-19-27(21-45)44(20-26)35(54)14-3-2-7-16-42-40(59)28(43-34(53)13-6-10-18-61-25-32(51)39(58)37(56)30(49)23-47)11-4-8-15-41-33(52)12-5-9-17-60-24-31(50)38(57)36(55)29(48)22-46/h26-32,36-39,45-51,55-58H,2-25H2,1H3,(H,41,52)(H,42,59)(H,43,53)/t26-,27+,28+,29?,30?,31?,32?,36?,37?,38?,39?/m1/s1. The van der Waals surface area contributed by atoms with Gasteiger partial charge in [0, 0.05) is 52.1 Å². The molecule has 0 aromatic carbocycles. The van der Waals surface area contributed by atoms with Crippen molar-refractivity contribution in [1.82, 2.24) is 20.9 Å². The van der Waals surface area contributed by atoms with Crippen LogP contribution in [0.3, 0.4) is 0 Å². The molecule has 0 aromatic rings. The molecule has 61 heavy (non-hydrogen) atoms. The maximum absolute atomic E-state index is 13.2. The Morgan fingerprint density at radius 3 is 1.64 bits per heavy atom. The average molecular weight is 885 g/mol. The second kappa shape index (κ2) is 33.0. The summed E-state index contributed by atoms with van der Waals surface area (Å²) in [5, 5.41) is 114. The molecule has 0 bridgehead atoms. The molecule has 14 N–H and O–H groups in total. The van der Waals surface area contributed by atoms with E-state index in [1.807, 2.05) is 0 Å². The smallest absolute Gasteiger partial charge is 0.242 e. The van der Waals surface area contributed by atoms with Crippen molar-refractivity contribution in [3.63, 3.8) is 0 Å². The van der Waals surface area contributed by atoms with Crippen molar-refractivity contribution in [2.24, 2.45) is 5.92 Å². The monoisotopic (exact) mass is 885 g/mol. The van der Waals surface area contributed by atoms with Crippen LogP contribution in [0.1, 0.15) is 96.8 Å². The van der Waals surface area contributed by atoms with Gasteiger partial charge in [0.1, 0.15) is 54.9 Å². The van der Waals surface area contributed by atoms with E-state index in [2.05, 4.69) is 22.9 Å². The molecule has 11 atom stereocenters. The third kappa shape index (κ3) is 23.6. The maximum Gasteiger partial charge on any atom is 0.242 e. The summed E-state index contributed by atoms with van der Waals surface area (Å²) in [6.45, 7) is 1.34. The first-order chi connectivity index (χ1) is 29.1. The van der Waals surface area contributed by atoms with Crippen LogP contribution in [0.25, 0.3) is 0 Å². The third-order valence-electron chi connectivity index (χ3n) is 10.5. The van der Waals surface area contributed by atoms with Crippen molar-refractivity contribution in [1.29, 1.82) is 0 Å². The highest BCUT2D eigenvalue weighted by Gasteiger charge is 2.33. The number of rotatable bonds is 36. The highest BCUT2D eigenvalue weighted by atomic mass is 16.5. The van der Waals surface area contributed by atoms with Crippen LogP contribution in [-0.4, -0.2) is 211 Å². The second-order valence-corrected chi connectivity index (χ2v) is 16.0. The zero-order chi connectivity index (χ0) is 45.7. The number of likely N-dealkylation sites (tertiary alicyclic amines) is 1. The highest BCUT2D eigenvalue weighted by molar-refractivity contribution is 5.87. The minimum atomic E-state index is -1.77. The summed E-state index contributed by atoms with van der Waals surface area (Å²) >= 11 is 0. The number of carbonyl (C=O) groups is 4. The van der Waals surface area contributed by atoms with Gasteiger partial charge in [-0.15, -0.1) is 0 Å². The Kier molecular flexibility index (Phi) is 30.5. The molecule has 21 nitrogen and oxygen atoms in total. The molecule has 0 aliphatic carbocycles. The fourth-order valence-corrected chi connectivity index (χ4v) is 6.72. The van der Waals surface area contributed by atoms with E-state index in [0.717, 1.165) is 6.42 Å². The number of nitrogens with zero attached hydrogens (tertiary/aromatic N) is 1. The van der Waals surface area contributed by atoms with Gasteiger partial charge < -0.3 is 86.5 Å². The van der Waals surface area contributed by atoms with Crippen LogP contribution in [0.2, 0.25) is 0 Å². The molecule has 1 rings (SSSR count). The second-order valence-electron chi connectivity index (χ2n) is 16.0. The largest absolute Gasteiger partial charge is 0.394 e. The number of amides is 4. The van der Waals surface area contributed by atoms with Crippen molar-refractivity contribution >= 4 is 23.6 Å². The summed E-state index contributed by atoms with van der Waals surface area (Å²) in [7, 11) is 0. The molecule has 0 saturated carbocycles. The molecule has 4 amide bonds. The zero-order valence-electron chi connectivity index (χ0n) is 35.6. The molecule has 1 aliphatic rings. The number of ether oxygens (including phenoxy) is 2.